The van der Waals surface area contributed by atoms with E-state index in [4.69, 9.17) is 5.73 Å². The van der Waals surface area contributed by atoms with Crippen LogP contribution < -0.4 is 5.73 Å². The Hall–Kier alpha value is -1.84. The Morgan fingerprint density at radius 3 is 2.88 bits per heavy atom. The molecular formula is C12H14FN3. The van der Waals surface area contributed by atoms with Gasteiger partial charge in [0.2, 0.25) is 0 Å². The van der Waals surface area contributed by atoms with E-state index in [1.54, 1.807) is 17.9 Å². The molecule has 2 rings (SSSR count). The van der Waals surface area contributed by atoms with Gasteiger partial charge in [-0.1, -0.05) is 24.3 Å². The predicted octanol–water partition coefficient (Wildman–Crippen LogP) is 2.18. The first kappa shape index (κ1) is 10.7. The Balaban J connectivity index is 2.40. The van der Waals surface area contributed by atoms with Crippen molar-refractivity contribution in [2.24, 2.45) is 7.05 Å². The van der Waals surface area contributed by atoms with E-state index >= 15 is 0 Å². The van der Waals surface area contributed by atoms with E-state index in [-0.39, 0.29) is 6.67 Å². The van der Waals surface area contributed by atoms with E-state index in [0.717, 1.165) is 16.7 Å². The Kier molecular flexibility index (Phi) is 2.90. The minimum atomic E-state index is -0.341. The average Bonchev–Trinajstić information content (AvgIpc) is 2.61. The lowest BCUT2D eigenvalue weighted by atomic mass is 10.0. The van der Waals surface area contributed by atoms with Gasteiger partial charge in [-0.05, 0) is 11.1 Å². The van der Waals surface area contributed by atoms with E-state index in [2.05, 4.69) is 5.10 Å². The van der Waals surface area contributed by atoms with Gasteiger partial charge < -0.3 is 5.73 Å². The van der Waals surface area contributed by atoms with Crippen LogP contribution in [0.15, 0.2) is 30.5 Å². The van der Waals surface area contributed by atoms with Crippen molar-refractivity contribution in [3.05, 3.63) is 36.0 Å². The Labute approximate surface area is 93.7 Å². The van der Waals surface area contributed by atoms with Crippen LogP contribution >= 0.6 is 0 Å². The van der Waals surface area contributed by atoms with Crippen molar-refractivity contribution < 1.29 is 4.39 Å². The number of rotatable bonds is 3. The van der Waals surface area contributed by atoms with Crippen molar-refractivity contribution in [3.63, 3.8) is 0 Å². The topological polar surface area (TPSA) is 43.8 Å². The zero-order valence-electron chi connectivity index (χ0n) is 9.15. The SMILES string of the molecule is Cn1ncc(-c2cccc(CCF)c2)c1N. The van der Waals surface area contributed by atoms with Crippen LogP contribution in [0.1, 0.15) is 5.56 Å². The normalized spacial score (nSPS) is 10.6. The molecule has 2 aromatic rings. The van der Waals surface area contributed by atoms with Gasteiger partial charge in [0.25, 0.3) is 0 Å². The van der Waals surface area contributed by atoms with Crippen LogP contribution in [0, 0.1) is 0 Å². The fraction of sp³-hybridized carbons (Fsp3) is 0.250. The van der Waals surface area contributed by atoms with E-state index in [9.17, 15) is 4.39 Å². The van der Waals surface area contributed by atoms with Crippen LogP contribution in [-0.2, 0) is 13.5 Å². The molecular weight excluding hydrogens is 205 g/mol. The zero-order valence-corrected chi connectivity index (χ0v) is 9.15. The molecule has 0 radical (unpaired) electrons. The van der Waals surface area contributed by atoms with Gasteiger partial charge >= 0.3 is 0 Å². The molecule has 1 aromatic carbocycles. The second-order valence-corrected chi connectivity index (χ2v) is 3.71. The number of alkyl halides is 1. The molecule has 0 aliphatic rings. The maximum atomic E-state index is 12.3. The molecule has 0 amide bonds. The van der Waals surface area contributed by atoms with Crippen LogP contribution in [0.25, 0.3) is 11.1 Å². The summed E-state index contributed by atoms with van der Waals surface area (Å²) in [5.74, 6) is 0.623. The smallest absolute Gasteiger partial charge is 0.129 e. The van der Waals surface area contributed by atoms with Crippen LogP contribution in [-0.4, -0.2) is 16.5 Å². The van der Waals surface area contributed by atoms with Gasteiger partial charge in [0, 0.05) is 19.0 Å². The van der Waals surface area contributed by atoms with Crippen molar-refractivity contribution in [2.75, 3.05) is 12.4 Å². The first-order valence-corrected chi connectivity index (χ1v) is 5.15. The van der Waals surface area contributed by atoms with Crippen molar-refractivity contribution in [1.29, 1.82) is 0 Å². The van der Waals surface area contributed by atoms with E-state index < -0.39 is 0 Å². The number of halogens is 1. The van der Waals surface area contributed by atoms with Gasteiger partial charge in [-0.25, -0.2) is 0 Å². The van der Waals surface area contributed by atoms with Gasteiger partial charge in [0.1, 0.15) is 5.82 Å². The van der Waals surface area contributed by atoms with Gasteiger partial charge in [-0.3, -0.25) is 9.07 Å². The first-order valence-electron chi connectivity index (χ1n) is 5.15. The monoisotopic (exact) mass is 219 g/mol. The number of nitrogens with two attached hydrogens (primary N) is 1. The summed E-state index contributed by atoms with van der Waals surface area (Å²) in [5.41, 5.74) is 8.74. The number of hydrogen-bond donors (Lipinski definition) is 1. The predicted molar refractivity (Wildman–Crippen MR) is 62.7 cm³/mol. The Morgan fingerprint density at radius 1 is 1.44 bits per heavy atom. The molecule has 3 nitrogen and oxygen atoms in total. The Morgan fingerprint density at radius 2 is 2.25 bits per heavy atom. The van der Waals surface area contributed by atoms with Crippen LogP contribution in [0.5, 0.6) is 0 Å². The third-order valence-electron chi connectivity index (χ3n) is 2.61. The average molecular weight is 219 g/mol. The highest BCUT2D eigenvalue weighted by Crippen LogP contribution is 2.25. The fourth-order valence-corrected chi connectivity index (χ4v) is 1.67. The summed E-state index contributed by atoms with van der Waals surface area (Å²) in [7, 11) is 1.80. The second-order valence-electron chi connectivity index (χ2n) is 3.71. The zero-order chi connectivity index (χ0) is 11.5. The molecule has 0 unspecified atom stereocenters. The quantitative estimate of drug-likeness (QED) is 0.859. The molecule has 0 atom stereocenters. The van der Waals surface area contributed by atoms with Crippen molar-refractivity contribution in [1.82, 2.24) is 9.78 Å². The third-order valence-corrected chi connectivity index (χ3v) is 2.61. The number of nitrogen functional groups attached to an aromatic ring is 1. The summed E-state index contributed by atoms with van der Waals surface area (Å²) < 4.78 is 13.9. The minimum Gasteiger partial charge on any atom is -0.383 e. The summed E-state index contributed by atoms with van der Waals surface area (Å²) in [4.78, 5) is 0. The lowest BCUT2D eigenvalue weighted by Crippen LogP contribution is -1.98. The van der Waals surface area contributed by atoms with Crippen LogP contribution in [0.2, 0.25) is 0 Å². The van der Waals surface area contributed by atoms with E-state index in [1.165, 1.54) is 0 Å². The van der Waals surface area contributed by atoms with Crippen LogP contribution in [0.4, 0.5) is 10.2 Å². The molecule has 4 heteroatoms. The highest BCUT2D eigenvalue weighted by atomic mass is 19.1. The summed E-state index contributed by atoms with van der Waals surface area (Å²) in [5, 5.41) is 4.09. The lowest BCUT2D eigenvalue weighted by Gasteiger charge is -2.03. The van der Waals surface area contributed by atoms with Gasteiger partial charge in [-0.2, -0.15) is 5.10 Å². The molecule has 1 aromatic heterocycles. The molecule has 0 saturated heterocycles. The molecule has 0 bridgehead atoms. The molecule has 1 heterocycles. The molecule has 0 aliphatic carbocycles. The Bertz CT molecular complexity index is 491. The summed E-state index contributed by atoms with van der Waals surface area (Å²) in [6.45, 7) is -0.341. The number of benzene rings is 1. The van der Waals surface area contributed by atoms with E-state index in [1.807, 2.05) is 24.3 Å². The lowest BCUT2D eigenvalue weighted by molar-refractivity contribution is 0.495. The van der Waals surface area contributed by atoms with Gasteiger partial charge in [0.05, 0.1) is 12.9 Å². The van der Waals surface area contributed by atoms with Crippen LogP contribution in [0.3, 0.4) is 0 Å². The minimum absolute atomic E-state index is 0.341. The van der Waals surface area contributed by atoms with E-state index in [0.29, 0.717) is 12.2 Å². The summed E-state index contributed by atoms with van der Waals surface area (Å²) in [6, 6.07) is 7.73. The largest absolute Gasteiger partial charge is 0.383 e. The highest BCUT2D eigenvalue weighted by molar-refractivity contribution is 5.73. The first-order chi connectivity index (χ1) is 7.72. The summed E-state index contributed by atoms with van der Waals surface area (Å²) >= 11 is 0. The van der Waals surface area contributed by atoms with Gasteiger partial charge in [-0.15, -0.1) is 0 Å². The standard InChI is InChI=1S/C12H14FN3/c1-16-12(14)11(8-15-16)10-4-2-3-9(7-10)5-6-13/h2-4,7-8H,5-6,14H2,1H3. The number of aromatic nitrogens is 2. The number of nitrogens with zero attached hydrogens (tertiary/aromatic N) is 2. The summed E-state index contributed by atoms with van der Waals surface area (Å²) in [6.07, 6.45) is 2.16. The molecule has 0 fully saturated rings. The molecule has 16 heavy (non-hydrogen) atoms. The molecule has 84 valence electrons. The van der Waals surface area contributed by atoms with Crippen molar-refractivity contribution in [3.8, 4) is 11.1 Å². The van der Waals surface area contributed by atoms with Gasteiger partial charge in [0.15, 0.2) is 0 Å². The molecule has 0 saturated carbocycles. The van der Waals surface area contributed by atoms with Crippen molar-refractivity contribution in [2.45, 2.75) is 6.42 Å². The number of aryl methyl sites for hydroxylation is 2. The highest BCUT2D eigenvalue weighted by Gasteiger charge is 2.07. The molecule has 2 N–H and O–H groups in total. The van der Waals surface area contributed by atoms with Crippen molar-refractivity contribution >= 4 is 5.82 Å². The number of anilines is 1. The second kappa shape index (κ2) is 4.35. The molecule has 0 aliphatic heterocycles. The number of hydrogen-bond acceptors (Lipinski definition) is 2. The fourth-order valence-electron chi connectivity index (χ4n) is 1.67. The third kappa shape index (κ3) is 1.91. The molecule has 0 spiro atoms. The maximum Gasteiger partial charge on any atom is 0.129 e. The maximum absolute atomic E-state index is 12.3.